The van der Waals surface area contributed by atoms with Crippen LogP contribution in [-0.4, -0.2) is 28.6 Å². The Morgan fingerprint density at radius 1 is 1.32 bits per heavy atom. The third kappa shape index (κ3) is 4.00. The molecule has 0 unspecified atom stereocenters. The molecule has 1 amide bonds. The molecule has 1 aliphatic carbocycles. The highest BCUT2D eigenvalue weighted by Crippen LogP contribution is 2.30. The van der Waals surface area contributed by atoms with E-state index in [1.807, 2.05) is 38.1 Å². The van der Waals surface area contributed by atoms with Gasteiger partial charge in [-0.1, -0.05) is 25.0 Å². The molecule has 0 saturated heterocycles. The Labute approximate surface area is 130 Å². The summed E-state index contributed by atoms with van der Waals surface area (Å²) >= 11 is 0. The second-order valence-electron chi connectivity index (χ2n) is 6.13. The summed E-state index contributed by atoms with van der Waals surface area (Å²) in [6, 6.07) is 7.34. The van der Waals surface area contributed by atoms with Crippen LogP contribution in [0.25, 0.3) is 0 Å². The van der Waals surface area contributed by atoms with Gasteiger partial charge in [0, 0.05) is 0 Å². The number of carboxylic acid groups (broad SMARTS) is 1. The van der Waals surface area contributed by atoms with Crippen LogP contribution in [0.4, 0.5) is 0 Å². The molecule has 0 radical (unpaired) electrons. The molecule has 1 aromatic carbocycles. The summed E-state index contributed by atoms with van der Waals surface area (Å²) in [6.07, 6.45) is 2.91. The van der Waals surface area contributed by atoms with Crippen molar-refractivity contribution in [1.82, 2.24) is 5.32 Å². The highest BCUT2D eigenvalue weighted by atomic mass is 16.5. The van der Waals surface area contributed by atoms with Crippen LogP contribution in [0.1, 0.15) is 45.1 Å². The van der Waals surface area contributed by atoms with Gasteiger partial charge in [-0.05, 0) is 44.4 Å². The lowest BCUT2D eigenvalue weighted by atomic mass is 9.97. The van der Waals surface area contributed by atoms with Crippen molar-refractivity contribution < 1.29 is 19.4 Å². The van der Waals surface area contributed by atoms with E-state index in [0.717, 1.165) is 18.4 Å². The van der Waals surface area contributed by atoms with Gasteiger partial charge in [0.05, 0.1) is 12.5 Å². The summed E-state index contributed by atoms with van der Waals surface area (Å²) in [5.74, 6) is -0.477. The molecule has 0 aliphatic heterocycles. The van der Waals surface area contributed by atoms with Crippen molar-refractivity contribution in [2.24, 2.45) is 0 Å². The minimum atomic E-state index is -1.08. The maximum atomic E-state index is 12.2. The van der Waals surface area contributed by atoms with Crippen molar-refractivity contribution in [3.63, 3.8) is 0 Å². The number of hydrogen-bond donors (Lipinski definition) is 2. The predicted octanol–water partition coefficient (Wildman–Crippen LogP) is 2.53. The van der Waals surface area contributed by atoms with E-state index in [4.69, 9.17) is 4.74 Å². The molecule has 1 aliphatic rings. The minimum Gasteiger partial charge on any atom is -0.491 e. The average molecular weight is 305 g/mol. The Morgan fingerprint density at radius 3 is 2.59 bits per heavy atom. The number of rotatable bonds is 6. The highest BCUT2D eigenvalue weighted by molar-refractivity contribution is 5.88. The van der Waals surface area contributed by atoms with Gasteiger partial charge in [-0.2, -0.15) is 0 Å². The number of ether oxygens (including phenoxy) is 1. The zero-order valence-corrected chi connectivity index (χ0v) is 13.1. The standard InChI is InChI=1S/C17H23NO4/c1-12(2)22-14-7-5-6-13(10-14)11-15(19)18-17(16(20)21)8-3-4-9-17/h5-7,10,12H,3-4,8-9,11H2,1-2H3,(H,18,19)(H,20,21). The number of benzene rings is 1. The molecular weight excluding hydrogens is 282 g/mol. The number of aliphatic carboxylic acids is 1. The quantitative estimate of drug-likeness (QED) is 0.847. The maximum Gasteiger partial charge on any atom is 0.329 e. The lowest BCUT2D eigenvalue weighted by molar-refractivity contribution is -0.147. The predicted molar refractivity (Wildman–Crippen MR) is 82.9 cm³/mol. The summed E-state index contributed by atoms with van der Waals surface area (Å²) in [4.78, 5) is 23.6. The molecule has 0 bridgehead atoms. The van der Waals surface area contributed by atoms with Crippen LogP contribution in [0.3, 0.4) is 0 Å². The van der Waals surface area contributed by atoms with Gasteiger partial charge in [-0.3, -0.25) is 4.79 Å². The summed E-state index contributed by atoms with van der Waals surface area (Å²) < 4.78 is 5.60. The van der Waals surface area contributed by atoms with Crippen molar-refractivity contribution in [3.8, 4) is 5.75 Å². The Kier molecular flexibility index (Phi) is 5.06. The van der Waals surface area contributed by atoms with Crippen molar-refractivity contribution in [1.29, 1.82) is 0 Å². The van der Waals surface area contributed by atoms with E-state index < -0.39 is 11.5 Å². The smallest absolute Gasteiger partial charge is 0.329 e. The Bertz CT molecular complexity index is 547. The van der Waals surface area contributed by atoms with E-state index in [1.54, 1.807) is 0 Å². The first-order valence-corrected chi connectivity index (χ1v) is 7.71. The van der Waals surface area contributed by atoms with Gasteiger partial charge in [-0.15, -0.1) is 0 Å². The number of nitrogens with one attached hydrogen (secondary N) is 1. The van der Waals surface area contributed by atoms with Crippen LogP contribution in [0, 0.1) is 0 Å². The van der Waals surface area contributed by atoms with Crippen molar-refractivity contribution in [2.75, 3.05) is 0 Å². The fraction of sp³-hybridized carbons (Fsp3) is 0.529. The van der Waals surface area contributed by atoms with Crippen molar-refractivity contribution in [3.05, 3.63) is 29.8 Å². The third-order valence-electron chi connectivity index (χ3n) is 3.88. The van der Waals surface area contributed by atoms with E-state index in [0.29, 0.717) is 18.6 Å². The average Bonchev–Trinajstić information content (AvgIpc) is 2.88. The lowest BCUT2D eigenvalue weighted by Gasteiger charge is -2.25. The molecule has 2 rings (SSSR count). The van der Waals surface area contributed by atoms with Crippen molar-refractivity contribution in [2.45, 2.75) is 57.6 Å². The minimum absolute atomic E-state index is 0.0674. The fourth-order valence-corrected chi connectivity index (χ4v) is 2.87. The third-order valence-corrected chi connectivity index (χ3v) is 3.88. The molecule has 0 atom stereocenters. The molecular formula is C17H23NO4. The Morgan fingerprint density at radius 2 is 2.00 bits per heavy atom. The van der Waals surface area contributed by atoms with Crippen LogP contribution in [0.15, 0.2) is 24.3 Å². The molecule has 22 heavy (non-hydrogen) atoms. The van der Waals surface area contributed by atoms with Crippen LogP contribution in [-0.2, 0) is 16.0 Å². The van der Waals surface area contributed by atoms with E-state index >= 15 is 0 Å². The molecule has 5 heteroatoms. The number of hydrogen-bond acceptors (Lipinski definition) is 3. The normalized spacial score (nSPS) is 16.5. The van der Waals surface area contributed by atoms with Crippen LogP contribution in [0.5, 0.6) is 5.75 Å². The van der Waals surface area contributed by atoms with Gasteiger partial charge >= 0.3 is 5.97 Å². The first kappa shape index (κ1) is 16.3. The maximum absolute atomic E-state index is 12.2. The van der Waals surface area contributed by atoms with Crippen molar-refractivity contribution >= 4 is 11.9 Å². The monoisotopic (exact) mass is 305 g/mol. The lowest BCUT2D eigenvalue weighted by Crippen LogP contribution is -2.52. The van der Waals surface area contributed by atoms with Crippen LogP contribution in [0.2, 0.25) is 0 Å². The fourth-order valence-electron chi connectivity index (χ4n) is 2.87. The largest absolute Gasteiger partial charge is 0.491 e. The number of carbonyl (C=O) groups excluding carboxylic acids is 1. The molecule has 1 saturated carbocycles. The molecule has 0 heterocycles. The van der Waals surface area contributed by atoms with Crippen LogP contribution < -0.4 is 10.1 Å². The second-order valence-corrected chi connectivity index (χ2v) is 6.13. The molecule has 1 aromatic rings. The van der Waals surface area contributed by atoms with E-state index in [2.05, 4.69) is 5.32 Å². The van der Waals surface area contributed by atoms with Gasteiger partial charge in [0.25, 0.3) is 0 Å². The van der Waals surface area contributed by atoms with Gasteiger partial charge in [-0.25, -0.2) is 4.79 Å². The number of amides is 1. The topological polar surface area (TPSA) is 75.6 Å². The van der Waals surface area contributed by atoms with Gasteiger partial charge in [0.2, 0.25) is 5.91 Å². The second kappa shape index (κ2) is 6.81. The summed E-state index contributed by atoms with van der Waals surface area (Å²) in [5, 5.41) is 12.1. The molecule has 2 N–H and O–H groups in total. The first-order chi connectivity index (χ1) is 10.4. The zero-order valence-electron chi connectivity index (χ0n) is 13.1. The number of carbonyl (C=O) groups is 2. The zero-order chi connectivity index (χ0) is 16.2. The van der Waals surface area contributed by atoms with E-state index in [1.165, 1.54) is 0 Å². The van der Waals surface area contributed by atoms with Crippen LogP contribution >= 0.6 is 0 Å². The number of carboxylic acids is 1. The molecule has 120 valence electrons. The summed E-state index contributed by atoms with van der Waals surface area (Å²) in [7, 11) is 0. The molecule has 5 nitrogen and oxygen atoms in total. The molecule has 1 fully saturated rings. The first-order valence-electron chi connectivity index (χ1n) is 7.71. The SMILES string of the molecule is CC(C)Oc1cccc(CC(=O)NC2(C(=O)O)CCCC2)c1. The van der Waals surface area contributed by atoms with Gasteiger partial charge in [0.1, 0.15) is 11.3 Å². The molecule has 0 spiro atoms. The van der Waals surface area contributed by atoms with E-state index in [9.17, 15) is 14.7 Å². The molecule has 0 aromatic heterocycles. The van der Waals surface area contributed by atoms with Gasteiger partial charge < -0.3 is 15.2 Å². The highest BCUT2D eigenvalue weighted by Gasteiger charge is 2.42. The summed E-state index contributed by atoms with van der Waals surface area (Å²) in [5.41, 5.74) is -0.266. The Hall–Kier alpha value is -2.04. The Balaban J connectivity index is 2.01. The van der Waals surface area contributed by atoms with Gasteiger partial charge in [0.15, 0.2) is 0 Å². The van der Waals surface area contributed by atoms with E-state index in [-0.39, 0.29) is 18.4 Å². The summed E-state index contributed by atoms with van der Waals surface area (Å²) in [6.45, 7) is 3.88.